The van der Waals surface area contributed by atoms with Crippen LogP contribution in [0.3, 0.4) is 0 Å². The summed E-state index contributed by atoms with van der Waals surface area (Å²) < 4.78 is 1.53. The Morgan fingerprint density at radius 1 is 1.48 bits per heavy atom. The highest BCUT2D eigenvalue weighted by atomic mass is 32.1. The average molecular weight is 334 g/mol. The molecule has 7 heteroatoms. The molecule has 1 amide bonds. The first-order valence-electron chi connectivity index (χ1n) is 8.02. The number of fused-ring (bicyclic) bond motifs is 1. The Morgan fingerprint density at radius 3 is 2.91 bits per heavy atom. The molecule has 2 aromatic heterocycles. The molecular weight excluding hydrogens is 312 g/mol. The van der Waals surface area contributed by atoms with Gasteiger partial charge in [0.15, 0.2) is 0 Å². The smallest absolute Gasteiger partial charge is 0.262 e. The van der Waals surface area contributed by atoms with Crippen molar-refractivity contribution in [2.45, 2.75) is 38.8 Å². The number of nitrogens with zero attached hydrogens (tertiary/aromatic N) is 3. The lowest BCUT2D eigenvalue weighted by Gasteiger charge is -2.33. The lowest BCUT2D eigenvalue weighted by molar-refractivity contribution is -0.132. The maximum atomic E-state index is 12.3. The first-order valence-corrected chi connectivity index (χ1v) is 8.90. The van der Waals surface area contributed by atoms with Crippen molar-refractivity contribution in [1.82, 2.24) is 14.5 Å². The van der Waals surface area contributed by atoms with Crippen molar-refractivity contribution in [1.29, 1.82) is 0 Å². The Morgan fingerprint density at radius 2 is 2.22 bits per heavy atom. The van der Waals surface area contributed by atoms with Gasteiger partial charge in [0.05, 0.1) is 11.7 Å². The second-order valence-electron chi connectivity index (χ2n) is 6.21. The van der Waals surface area contributed by atoms with E-state index in [1.807, 2.05) is 17.2 Å². The molecule has 0 aliphatic carbocycles. The van der Waals surface area contributed by atoms with E-state index in [0.29, 0.717) is 24.3 Å². The number of aromatic nitrogens is 2. The summed E-state index contributed by atoms with van der Waals surface area (Å²) in [5, 5.41) is 2.49. The van der Waals surface area contributed by atoms with Gasteiger partial charge in [-0.3, -0.25) is 14.2 Å². The predicted octanol–water partition coefficient (Wildman–Crippen LogP) is 1.43. The Kier molecular flexibility index (Phi) is 4.77. The molecule has 23 heavy (non-hydrogen) atoms. The van der Waals surface area contributed by atoms with Crippen LogP contribution >= 0.6 is 11.3 Å². The summed E-state index contributed by atoms with van der Waals surface area (Å²) in [7, 11) is 0. The summed E-state index contributed by atoms with van der Waals surface area (Å²) in [6.45, 7) is 3.94. The van der Waals surface area contributed by atoms with E-state index in [1.54, 1.807) is 6.07 Å². The van der Waals surface area contributed by atoms with Crippen LogP contribution in [0.4, 0.5) is 0 Å². The first-order chi connectivity index (χ1) is 11.1. The van der Waals surface area contributed by atoms with Crippen molar-refractivity contribution in [3.63, 3.8) is 0 Å². The maximum Gasteiger partial charge on any atom is 0.262 e. The van der Waals surface area contributed by atoms with Crippen LogP contribution in [-0.4, -0.2) is 39.5 Å². The van der Waals surface area contributed by atoms with E-state index < -0.39 is 0 Å². The molecule has 1 aliphatic rings. The molecule has 0 bridgehead atoms. The summed E-state index contributed by atoms with van der Waals surface area (Å²) in [6.07, 6.45) is 3.80. The number of amides is 1. The second-order valence-corrected chi connectivity index (χ2v) is 7.10. The van der Waals surface area contributed by atoms with Crippen LogP contribution in [0.5, 0.6) is 0 Å². The Bertz CT molecular complexity index is 744. The van der Waals surface area contributed by atoms with Gasteiger partial charge in [0.2, 0.25) is 5.91 Å². The summed E-state index contributed by atoms with van der Waals surface area (Å²) in [6, 6.07) is 1.97. The van der Waals surface area contributed by atoms with Gasteiger partial charge in [-0.15, -0.1) is 11.3 Å². The van der Waals surface area contributed by atoms with Crippen LogP contribution in [0.1, 0.15) is 26.2 Å². The Labute approximate surface area is 138 Å². The topological polar surface area (TPSA) is 81.2 Å². The Hall–Kier alpha value is -1.73. The number of carbonyl (C=O) groups is 1. The van der Waals surface area contributed by atoms with E-state index in [4.69, 9.17) is 5.73 Å². The molecule has 124 valence electrons. The molecule has 1 aliphatic heterocycles. The zero-order valence-electron chi connectivity index (χ0n) is 13.3. The van der Waals surface area contributed by atoms with Crippen LogP contribution in [0.2, 0.25) is 0 Å². The number of hydrogen-bond donors (Lipinski definition) is 1. The zero-order chi connectivity index (χ0) is 16.4. The molecule has 1 saturated heterocycles. The average Bonchev–Trinajstić information content (AvgIpc) is 3.03. The molecule has 0 spiro atoms. The summed E-state index contributed by atoms with van der Waals surface area (Å²) in [5.41, 5.74) is 5.86. The fourth-order valence-corrected chi connectivity index (χ4v) is 3.82. The monoisotopic (exact) mass is 334 g/mol. The number of likely N-dealkylation sites (tertiary alicyclic amines) is 1. The Balaban J connectivity index is 1.58. The van der Waals surface area contributed by atoms with Gasteiger partial charge in [-0.2, -0.15) is 0 Å². The molecule has 0 radical (unpaired) electrons. The van der Waals surface area contributed by atoms with E-state index in [-0.39, 0.29) is 17.5 Å². The number of aryl methyl sites for hydroxylation is 1. The van der Waals surface area contributed by atoms with Gasteiger partial charge in [-0.1, -0.05) is 0 Å². The third-order valence-electron chi connectivity index (χ3n) is 4.65. The molecule has 1 atom stereocenters. The maximum absolute atomic E-state index is 12.3. The van der Waals surface area contributed by atoms with Gasteiger partial charge in [0, 0.05) is 32.1 Å². The van der Waals surface area contributed by atoms with Gasteiger partial charge in [0.1, 0.15) is 4.83 Å². The normalized spacial score (nSPS) is 17.6. The van der Waals surface area contributed by atoms with Gasteiger partial charge in [-0.25, -0.2) is 4.98 Å². The molecule has 2 aromatic rings. The van der Waals surface area contributed by atoms with Gasteiger partial charge >= 0.3 is 0 Å². The van der Waals surface area contributed by atoms with Crippen LogP contribution in [-0.2, 0) is 11.3 Å². The largest absolute Gasteiger partial charge is 0.343 e. The molecule has 0 aromatic carbocycles. The van der Waals surface area contributed by atoms with E-state index >= 15 is 0 Å². The number of thiophene rings is 1. The SMILES string of the molecule is CC(N)C1CCN(C(=O)CCn2cnc3sccc3c2=O)CC1. The molecule has 0 saturated carbocycles. The standard InChI is InChI=1S/C16H22N4O2S/c1-11(17)12-2-6-19(7-3-12)14(21)4-8-20-10-18-15-13(16(20)22)5-9-23-15/h5,9-12H,2-4,6-8,17H2,1H3. The summed E-state index contributed by atoms with van der Waals surface area (Å²) in [5.74, 6) is 0.609. The highest BCUT2D eigenvalue weighted by Gasteiger charge is 2.24. The van der Waals surface area contributed by atoms with Gasteiger partial charge in [0.25, 0.3) is 5.56 Å². The van der Waals surface area contributed by atoms with Crippen molar-refractivity contribution in [2.24, 2.45) is 11.7 Å². The molecule has 3 heterocycles. The zero-order valence-corrected chi connectivity index (χ0v) is 14.1. The number of nitrogens with two attached hydrogens (primary N) is 1. The minimum atomic E-state index is -0.0697. The van der Waals surface area contributed by atoms with E-state index in [2.05, 4.69) is 4.98 Å². The first kappa shape index (κ1) is 16.1. The fourth-order valence-electron chi connectivity index (χ4n) is 3.10. The minimum Gasteiger partial charge on any atom is -0.343 e. The van der Waals surface area contributed by atoms with Gasteiger partial charge in [-0.05, 0) is 37.1 Å². The van der Waals surface area contributed by atoms with E-state index in [9.17, 15) is 9.59 Å². The van der Waals surface area contributed by atoms with Crippen molar-refractivity contribution in [3.05, 3.63) is 28.1 Å². The van der Waals surface area contributed by atoms with Crippen LogP contribution in [0, 0.1) is 5.92 Å². The van der Waals surface area contributed by atoms with Crippen molar-refractivity contribution in [3.8, 4) is 0 Å². The third-order valence-corrected chi connectivity index (χ3v) is 5.47. The summed E-state index contributed by atoms with van der Waals surface area (Å²) >= 11 is 1.45. The molecule has 1 fully saturated rings. The molecule has 2 N–H and O–H groups in total. The van der Waals surface area contributed by atoms with Crippen molar-refractivity contribution >= 4 is 27.5 Å². The minimum absolute atomic E-state index is 0.0697. The third kappa shape index (κ3) is 3.45. The number of carbonyl (C=O) groups excluding carboxylic acids is 1. The highest BCUT2D eigenvalue weighted by Crippen LogP contribution is 2.20. The molecule has 6 nitrogen and oxygen atoms in total. The lowest BCUT2D eigenvalue weighted by atomic mass is 9.91. The van der Waals surface area contributed by atoms with Crippen molar-refractivity contribution < 1.29 is 4.79 Å². The van der Waals surface area contributed by atoms with Crippen LogP contribution in [0.15, 0.2) is 22.6 Å². The van der Waals surface area contributed by atoms with Gasteiger partial charge < -0.3 is 10.6 Å². The number of hydrogen-bond acceptors (Lipinski definition) is 5. The molecule has 1 unspecified atom stereocenters. The molecule has 3 rings (SSSR count). The predicted molar refractivity (Wildman–Crippen MR) is 91.5 cm³/mol. The number of piperidine rings is 1. The highest BCUT2D eigenvalue weighted by molar-refractivity contribution is 7.16. The lowest BCUT2D eigenvalue weighted by Crippen LogP contribution is -2.42. The fraction of sp³-hybridized carbons (Fsp3) is 0.562. The molecular formula is C16H22N4O2S. The second kappa shape index (κ2) is 6.80. The van der Waals surface area contributed by atoms with E-state index in [0.717, 1.165) is 30.8 Å². The van der Waals surface area contributed by atoms with Crippen LogP contribution in [0.25, 0.3) is 10.2 Å². The van der Waals surface area contributed by atoms with Crippen LogP contribution < -0.4 is 11.3 Å². The number of rotatable bonds is 4. The van der Waals surface area contributed by atoms with Crippen molar-refractivity contribution in [2.75, 3.05) is 13.1 Å². The summed E-state index contributed by atoms with van der Waals surface area (Å²) in [4.78, 5) is 31.5. The quantitative estimate of drug-likeness (QED) is 0.917. The van der Waals surface area contributed by atoms with E-state index in [1.165, 1.54) is 22.2 Å².